The normalized spacial score (nSPS) is 15.9. The van der Waals surface area contributed by atoms with Crippen LogP contribution in [0.2, 0.25) is 0 Å². The number of para-hydroxylation sites is 1. The van der Waals surface area contributed by atoms with Gasteiger partial charge in [0.25, 0.3) is 0 Å². The Bertz CT molecular complexity index is 1190. The number of rotatable bonds is 9. The topological polar surface area (TPSA) is 72.8 Å². The molecule has 7 nitrogen and oxygen atoms in total. The summed E-state index contributed by atoms with van der Waals surface area (Å²) in [5, 5.41) is 5.03. The van der Waals surface area contributed by atoms with Crippen molar-refractivity contribution in [1.29, 1.82) is 0 Å². The Morgan fingerprint density at radius 3 is 2.63 bits per heavy atom. The number of thioether (sulfide) groups is 1. The zero-order valence-electron chi connectivity index (χ0n) is 20.7. The Balaban J connectivity index is 1.69. The van der Waals surface area contributed by atoms with Crippen LogP contribution < -0.4 is 10.1 Å². The third kappa shape index (κ3) is 5.49. The number of aromatic nitrogens is 1. The van der Waals surface area contributed by atoms with Crippen LogP contribution in [0.25, 0.3) is 10.9 Å². The molecule has 0 saturated heterocycles. The average Bonchev–Trinajstić information content (AvgIpc) is 3.04. The first-order valence-electron chi connectivity index (χ1n) is 11.9. The Hall–Kier alpha value is -2.97. The SMILES string of the molecule is COc1ccc(CN2C(=O)CSc3c(c4ccccc4n3C)[C@@H]2C(=O)NCCCOC(C)C)cc1. The van der Waals surface area contributed by atoms with Crippen LogP contribution in [0.4, 0.5) is 0 Å². The summed E-state index contributed by atoms with van der Waals surface area (Å²) in [6.07, 6.45) is 0.862. The Labute approximate surface area is 210 Å². The van der Waals surface area contributed by atoms with Crippen molar-refractivity contribution in [2.75, 3.05) is 26.0 Å². The first-order valence-corrected chi connectivity index (χ1v) is 12.9. The third-order valence-electron chi connectivity index (χ3n) is 6.16. The predicted molar refractivity (Wildman–Crippen MR) is 139 cm³/mol. The van der Waals surface area contributed by atoms with Crippen molar-refractivity contribution >= 4 is 34.5 Å². The molecule has 3 aromatic rings. The molecule has 0 fully saturated rings. The summed E-state index contributed by atoms with van der Waals surface area (Å²) in [6, 6.07) is 15.0. The molecule has 4 rings (SSSR count). The predicted octanol–water partition coefficient (Wildman–Crippen LogP) is 4.29. The van der Waals surface area contributed by atoms with E-state index in [2.05, 4.69) is 16.0 Å². The van der Waals surface area contributed by atoms with E-state index in [1.54, 1.807) is 12.0 Å². The van der Waals surface area contributed by atoms with Gasteiger partial charge in [0.2, 0.25) is 11.8 Å². The summed E-state index contributed by atoms with van der Waals surface area (Å²) in [5.74, 6) is 0.797. The second-order valence-electron chi connectivity index (χ2n) is 8.92. The molecule has 186 valence electrons. The number of methoxy groups -OCH3 is 1. The van der Waals surface area contributed by atoms with Crippen molar-refractivity contribution < 1.29 is 19.1 Å². The second kappa shape index (κ2) is 11.2. The van der Waals surface area contributed by atoms with Crippen LogP contribution in [0.5, 0.6) is 5.75 Å². The molecule has 2 heterocycles. The lowest BCUT2D eigenvalue weighted by molar-refractivity contribution is -0.139. The van der Waals surface area contributed by atoms with E-state index in [0.29, 0.717) is 26.1 Å². The van der Waals surface area contributed by atoms with Gasteiger partial charge in [0.15, 0.2) is 0 Å². The van der Waals surface area contributed by atoms with Crippen molar-refractivity contribution in [3.05, 3.63) is 59.7 Å². The van der Waals surface area contributed by atoms with Gasteiger partial charge in [0.1, 0.15) is 11.8 Å². The quantitative estimate of drug-likeness (QED) is 0.448. The standard InChI is InChI=1S/C27H33N3O4S/c1-18(2)34-15-7-14-28-26(32)25-24-21-8-5-6-9-22(21)29(3)27(24)35-17-23(31)30(25)16-19-10-12-20(33-4)13-11-19/h5-6,8-13,18,25H,7,14-17H2,1-4H3,(H,28,32)/t25-/m1/s1. The number of nitrogens with one attached hydrogen (secondary N) is 1. The molecule has 0 spiro atoms. The number of ether oxygens (including phenoxy) is 2. The highest BCUT2D eigenvalue weighted by molar-refractivity contribution is 8.00. The minimum atomic E-state index is -0.730. The van der Waals surface area contributed by atoms with Gasteiger partial charge in [-0.05, 0) is 44.0 Å². The van der Waals surface area contributed by atoms with Crippen LogP contribution in [0.15, 0.2) is 53.6 Å². The maximum atomic E-state index is 13.7. The molecular formula is C27H33N3O4S. The number of aryl methyl sites for hydroxylation is 1. The van der Waals surface area contributed by atoms with Crippen LogP contribution in [0.3, 0.4) is 0 Å². The number of amides is 2. The highest BCUT2D eigenvalue weighted by atomic mass is 32.2. The first kappa shape index (κ1) is 25.1. The lowest BCUT2D eigenvalue weighted by Crippen LogP contribution is -2.43. The van der Waals surface area contributed by atoms with E-state index in [1.807, 2.05) is 63.4 Å². The van der Waals surface area contributed by atoms with Crippen LogP contribution >= 0.6 is 11.8 Å². The van der Waals surface area contributed by atoms with E-state index < -0.39 is 6.04 Å². The van der Waals surface area contributed by atoms with E-state index in [1.165, 1.54) is 11.8 Å². The number of benzene rings is 2. The average molecular weight is 496 g/mol. The monoisotopic (exact) mass is 495 g/mol. The highest BCUT2D eigenvalue weighted by Gasteiger charge is 2.38. The summed E-state index contributed by atoms with van der Waals surface area (Å²) in [7, 11) is 3.62. The highest BCUT2D eigenvalue weighted by Crippen LogP contribution is 2.42. The molecule has 1 atom stereocenters. The smallest absolute Gasteiger partial charge is 0.247 e. The molecule has 1 aromatic heterocycles. The first-order chi connectivity index (χ1) is 16.9. The molecule has 35 heavy (non-hydrogen) atoms. The summed E-state index contributed by atoms with van der Waals surface area (Å²) in [6.45, 7) is 5.38. The van der Waals surface area contributed by atoms with Gasteiger partial charge in [0, 0.05) is 43.2 Å². The maximum Gasteiger partial charge on any atom is 0.247 e. The van der Waals surface area contributed by atoms with Gasteiger partial charge in [-0.15, -0.1) is 0 Å². The van der Waals surface area contributed by atoms with Crippen LogP contribution in [0, 0.1) is 0 Å². The fraction of sp³-hybridized carbons (Fsp3) is 0.407. The fourth-order valence-electron chi connectivity index (χ4n) is 4.43. The van der Waals surface area contributed by atoms with E-state index in [0.717, 1.165) is 32.8 Å². The maximum absolute atomic E-state index is 13.7. The van der Waals surface area contributed by atoms with E-state index in [4.69, 9.17) is 9.47 Å². The molecule has 2 aromatic carbocycles. The molecule has 0 saturated carbocycles. The number of fused-ring (bicyclic) bond motifs is 3. The van der Waals surface area contributed by atoms with Gasteiger partial charge < -0.3 is 24.3 Å². The third-order valence-corrected chi connectivity index (χ3v) is 7.32. The molecule has 8 heteroatoms. The Kier molecular flexibility index (Phi) is 8.03. The second-order valence-corrected chi connectivity index (χ2v) is 9.88. The Morgan fingerprint density at radius 2 is 1.91 bits per heavy atom. The number of hydrogen-bond donors (Lipinski definition) is 1. The van der Waals surface area contributed by atoms with Crippen LogP contribution in [0.1, 0.15) is 37.4 Å². The lowest BCUT2D eigenvalue weighted by Gasteiger charge is -2.30. The minimum absolute atomic E-state index is 0.0607. The van der Waals surface area contributed by atoms with Crippen molar-refractivity contribution in [1.82, 2.24) is 14.8 Å². The molecule has 1 aliphatic heterocycles. The van der Waals surface area contributed by atoms with Crippen molar-refractivity contribution in [3.8, 4) is 5.75 Å². The summed E-state index contributed by atoms with van der Waals surface area (Å²) in [5.41, 5.74) is 2.88. The molecule has 0 bridgehead atoms. The fourth-order valence-corrected chi connectivity index (χ4v) is 5.53. The minimum Gasteiger partial charge on any atom is -0.497 e. The van der Waals surface area contributed by atoms with Gasteiger partial charge in [-0.1, -0.05) is 42.1 Å². The largest absolute Gasteiger partial charge is 0.497 e. The van der Waals surface area contributed by atoms with Crippen molar-refractivity contribution in [2.24, 2.45) is 7.05 Å². The molecule has 2 amide bonds. The molecular weight excluding hydrogens is 462 g/mol. The summed E-state index contributed by atoms with van der Waals surface area (Å²) >= 11 is 1.50. The zero-order chi connectivity index (χ0) is 24.9. The summed E-state index contributed by atoms with van der Waals surface area (Å²) in [4.78, 5) is 28.8. The zero-order valence-corrected chi connectivity index (χ0v) is 21.6. The lowest BCUT2D eigenvalue weighted by atomic mass is 10.0. The molecule has 0 radical (unpaired) electrons. The molecule has 1 aliphatic rings. The van der Waals surface area contributed by atoms with E-state index in [9.17, 15) is 9.59 Å². The van der Waals surface area contributed by atoms with Crippen molar-refractivity contribution in [2.45, 2.75) is 44.0 Å². The molecule has 1 N–H and O–H groups in total. The van der Waals surface area contributed by atoms with Gasteiger partial charge in [-0.3, -0.25) is 9.59 Å². The van der Waals surface area contributed by atoms with E-state index >= 15 is 0 Å². The van der Waals surface area contributed by atoms with Gasteiger partial charge in [-0.25, -0.2) is 0 Å². The van der Waals surface area contributed by atoms with Gasteiger partial charge >= 0.3 is 0 Å². The van der Waals surface area contributed by atoms with Crippen LogP contribution in [-0.4, -0.2) is 53.4 Å². The molecule has 0 unspecified atom stereocenters. The van der Waals surface area contributed by atoms with Crippen molar-refractivity contribution in [3.63, 3.8) is 0 Å². The summed E-state index contributed by atoms with van der Waals surface area (Å²) < 4.78 is 13.0. The number of nitrogens with zero attached hydrogens (tertiary/aromatic N) is 2. The number of hydrogen-bond acceptors (Lipinski definition) is 5. The molecule has 0 aliphatic carbocycles. The number of carbonyl (C=O) groups excluding carboxylic acids is 2. The van der Waals surface area contributed by atoms with E-state index in [-0.39, 0.29) is 23.7 Å². The number of carbonyl (C=O) groups is 2. The van der Waals surface area contributed by atoms with Crippen LogP contribution in [-0.2, 0) is 27.9 Å². The van der Waals surface area contributed by atoms with Gasteiger partial charge in [-0.2, -0.15) is 0 Å². The van der Waals surface area contributed by atoms with Gasteiger partial charge in [0.05, 0.1) is 24.0 Å². The Morgan fingerprint density at radius 1 is 1.17 bits per heavy atom.